The number of piperidine rings is 1. The highest BCUT2D eigenvalue weighted by molar-refractivity contribution is 7.89. The van der Waals surface area contributed by atoms with Gasteiger partial charge in [-0.05, 0) is 37.8 Å². The van der Waals surface area contributed by atoms with Crippen molar-refractivity contribution in [3.63, 3.8) is 0 Å². The number of alkyl halides is 2. The highest BCUT2D eigenvalue weighted by atomic mass is 32.2. The molecule has 1 aromatic carbocycles. The second-order valence-corrected chi connectivity index (χ2v) is 12.0. The summed E-state index contributed by atoms with van der Waals surface area (Å²) in [4.78, 5) is 10.9. The molecule has 0 bridgehead atoms. The topological polar surface area (TPSA) is 153 Å². The second-order valence-electron chi connectivity index (χ2n) is 9.32. The Morgan fingerprint density at radius 1 is 1.16 bits per heavy atom. The molecule has 6 rings (SSSR count). The van der Waals surface area contributed by atoms with Crippen LogP contribution in [0.4, 0.5) is 14.6 Å². The molecular weight excluding hydrogens is 536 g/mol. The van der Waals surface area contributed by atoms with Crippen molar-refractivity contribution in [2.24, 2.45) is 5.92 Å². The molecule has 0 unspecified atom stereocenters. The normalized spacial score (nSPS) is 17.7. The molecule has 15 heteroatoms. The lowest BCUT2D eigenvalue weighted by Gasteiger charge is -2.30. The van der Waals surface area contributed by atoms with Crippen molar-refractivity contribution >= 4 is 49.1 Å². The molecule has 1 N–H and O–H groups in total. The Morgan fingerprint density at radius 2 is 1.92 bits per heavy atom. The fraction of sp³-hybridized carbons (Fsp3) is 0.391. The van der Waals surface area contributed by atoms with E-state index in [1.165, 1.54) is 23.0 Å². The molecular formula is C23H19F2N9O2S2. The molecule has 0 spiro atoms. The van der Waals surface area contributed by atoms with Gasteiger partial charge in [-0.2, -0.15) is 15.2 Å². The van der Waals surface area contributed by atoms with E-state index in [4.69, 9.17) is 0 Å². The van der Waals surface area contributed by atoms with Crippen molar-refractivity contribution in [2.45, 2.75) is 42.5 Å². The van der Waals surface area contributed by atoms with E-state index in [2.05, 4.69) is 31.0 Å². The Labute approximate surface area is 219 Å². The van der Waals surface area contributed by atoms with Gasteiger partial charge < -0.3 is 4.90 Å². The predicted octanol–water partition coefficient (Wildman–Crippen LogP) is 3.44. The van der Waals surface area contributed by atoms with E-state index in [1.54, 1.807) is 6.07 Å². The van der Waals surface area contributed by atoms with Crippen molar-refractivity contribution < 1.29 is 17.2 Å². The molecule has 1 saturated carbocycles. The van der Waals surface area contributed by atoms with E-state index in [9.17, 15) is 27.7 Å². The van der Waals surface area contributed by atoms with Gasteiger partial charge in [-0.15, -0.1) is 10.2 Å². The number of anilines is 1. The molecule has 194 valence electrons. The molecule has 38 heavy (non-hydrogen) atoms. The third-order valence-electron chi connectivity index (χ3n) is 6.89. The summed E-state index contributed by atoms with van der Waals surface area (Å²) in [5.41, 5.74) is -0.377. The number of hydrogen-bond donors (Lipinski definition) is 1. The van der Waals surface area contributed by atoms with Crippen LogP contribution in [0.5, 0.6) is 0 Å². The van der Waals surface area contributed by atoms with Crippen LogP contribution >= 0.6 is 11.3 Å². The molecule has 2 fully saturated rings. The van der Waals surface area contributed by atoms with Gasteiger partial charge in [0.2, 0.25) is 15.2 Å². The average Bonchev–Trinajstić information content (AvgIpc) is 3.36. The maximum Gasteiger partial charge on any atom is 0.291 e. The molecule has 2 aliphatic rings. The summed E-state index contributed by atoms with van der Waals surface area (Å²) in [5, 5.41) is 27.0. The SMILES string of the molecule is N#CC1CCN(c2ncnc3c2c2ccc(S(=O)(=O)NC4(C#N)CC4)cc2n3-c2nnc(C(F)F)s2)CC1. The lowest BCUT2D eigenvalue weighted by molar-refractivity contribution is 0.150. The van der Waals surface area contributed by atoms with Crippen LogP contribution in [-0.2, 0) is 10.0 Å². The van der Waals surface area contributed by atoms with Crippen molar-refractivity contribution in [1.82, 2.24) is 29.5 Å². The zero-order valence-corrected chi connectivity index (χ0v) is 21.3. The highest BCUT2D eigenvalue weighted by Gasteiger charge is 2.47. The minimum absolute atomic E-state index is 0.0393. The fourth-order valence-corrected chi connectivity index (χ4v) is 6.82. The van der Waals surface area contributed by atoms with E-state index < -0.39 is 27.0 Å². The quantitative estimate of drug-likeness (QED) is 0.377. The smallest absolute Gasteiger partial charge is 0.291 e. The number of sulfonamides is 1. The van der Waals surface area contributed by atoms with Crippen molar-refractivity contribution in [3.05, 3.63) is 29.5 Å². The summed E-state index contributed by atoms with van der Waals surface area (Å²) in [5.74, 6) is 0.561. The third kappa shape index (κ3) is 4.03. The van der Waals surface area contributed by atoms with E-state index in [0.717, 1.165) is 0 Å². The van der Waals surface area contributed by atoms with Crippen molar-refractivity contribution in [2.75, 3.05) is 18.0 Å². The van der Waals surface area contributed by atoms with Crippen LogP contribution in [0.15, 0.2) is 29.4 Å². The van der Waals surface area contributed by atoms with Gasteiger partial charge in [-0.1, -0.05) is 17.4 Å². The lowest BCUT2D eigenvalue weighted by atomic mass is 9.98. The largest absolute Gasteiger partial charge is 0.356 e. The van der Waals surface area contributed by atoms with Crippen molar-refractivity contribution in [1.29, 1.82) is 10.5 Å². The third-order valence-corrected chi connectivity index (χ3v) is 9.34. The Bertz CT molecular complexity index is 1760. The molecule has 0 atom stereocenters. The summed E-state index contributed by atoms with van der Waals surface area (Å²) in [7, 11) is -4.06. The predicted molar refractivity (Wildman–Crippen MR) is 133 cm³/mol. The van der Waals surface area contributed by atoms with Crippen LogP contribution in [0.1, 0.15) is 37.1 Å². The Morgan fingerprint density at radius 3 is 2.55 bits per heavy atom. The fourth-order valence-electron chi connectivity index (χ4n) is 4.70. The number of hydrogen-bond acceptors (Lipinski definition) is 10. The summed E-state index contributed by atoms with van der Waals surface area (Å²) >= 11 is 0.683. The van der Waals surface area contributed by atoms with Gasteiger partial charge in [0.1, 0.15) is 17.7 Å². The first-order valence-electron chi connectivity index (χ1n) is 11.8. The highest BCUT2D eigenvalue weighted by Crippen LogP contribution is 2.40. The standard InChI is InChI=1S/C23H19F2N9O2S2/c24-18(25)21-30-31-22(37-21)34-16-9-14(38(35,36)32-23(11-27)5-6-23)1-2-15(16)17-19(28-12-29-20(17)34)33-7-3-13(10-26)4-8-33/h1-2,9,12-13,18,32H,3-8H2. The first-order chi connectivity index (χ1) is 18.2. The zero-order valence-electron chi connectivity index (χ0n) is 19.7. The molecule has 1 aliphatic heterocycles. The van der Waals surface area contributed by atoms with Gasteiger partial charge in [-0.3, -0.25) is 4.57 Å². The number of benzene rings is 1. The molecule has 1 saturated heterocycles. The molecule has 4 aromatic rings. The van der Waals surface area contributed by atoms with Gasteiger partial charge in [0.25, 0.3) is 6.43 Å². The van der Waals surface area contributed by atoms with Crippen LogP contribution in [0.25, 0.3) is 27.1 Å². The number of fused-ring (bicyclic) bond motifs is 3. The summed E-state index contributed by atoms with van der Waals surface area (Å²) in [6.45, 7) is 1.19. The van der Waals surface area contributed by atoms with Gasteiger partial charge >= 0.3 is 0 Å². The van der Waals surface area contributed by atoms with E-state index >= 15 is 0 Å². The summed E-state index contributed by atoms with van der Waals surface area (Å²) < 4.78 is 57.0. The van der Waals surface area contributed by atoms with Crippen LogP contribution in [-0.4, -0.2) is 51.8 Å². The molecule has 4 heterocycles. The average molecular weight is 556 g/mol. The minimum atomic E-state index is -4.06. The molecule has 1 aliphatic carbocycles. The van der Waals surface area contributed by atoms with E-state index in [0.29, 0.717) is 77.9 Å². The Hall–Kier alpha value is -3.79. The minimum Gasteiger partial charge on any atom is -0.356 e. The van der Waals surface area contributed by atoms with Gasteiger partial charge in [0, 0.05) is 24.4 Å². The van der Waals surface area contributed by atoms with Crippen LogP contribution in [0.3, 0.4) is 0 Å². The van der Waals surface area contributed by atoms with Gasteiger partial charge in [-0.25, -0.2) is 27.2 Å². The van der Waals surface area contributed by atoms with Crippen LogP contribution < -0.4 is 9.62 Å². The van der Waals surface area contributed by atoms with Crippen LogP contribution in [0, 0.1) is 28.6 Å². The number of nitriles is 2. The van der Waals surface area contributed by atoms with Crippen molar-refractivity contribution in [3.8, 4) is 17.3 Å². The Balaban J connectivity index is 1.56. The van der Waals surface area contributed by atoms with Gasteiger partial charge in [0.15, 0.2) is 10.7 Å². The number of aromatic nitrogens is 5. The molecule has 0 radical (unpaired) electrons. The van der Waals surface area contributed by atoms with Gasteiger partial charge in [0.05, 0.1) is 27.9 Å². The summed E-state index contributed by atoms with van der Waals surface area (Å²) in [6, 6.07) is 8.79. The second kappa shape index (κ2) is 8.90. The molecule has 3 aromatic heterocycles. The monoisotopic (exact) mass is 555 g/mol. The van der Waals surface area contributed by atoms with Crippen LogP contribution in [0.2, 0.25) is 0 Å². The Kier molecular flexibility index (Phi) is 5.75. The molecule has 11 nitrogen and oxygen atoms in total. The number of nitrogens with zero attached hydrogens (tertiary/aromatic N) is 8. The van der Waals surface area contributed by atoms with E-state index in [-0.39, 0.29) is 15.9 Å². The van der Waals surface area contributed by atoms with E-state index in [1.807, 2.05) is 11.0 Å². The number of halogens is 2. The zero-order chi connectivity index (χ0) is 26.7. The first-order valence-corrected chi connectivity index (χ1v) is 14.1. The lowest BCUT2D eigenvalue weighted by Crippen LogP contribution is -2.35. The maximum absolute atomic E-state index is 13.4. The molecule has 0 amide bonds. The maximum atomic E-state index is 13.4. The number of rotatable bonds is 6. The number of nitrogens with one attached hydrogen (secondary N) is 1. The first kappa shape index (κ1) is 24.5. The summed E-state index contributed by atoms with van der Waals surface area (Å²) in [6.07, 6.45) is 0.734.